The van der Waals surface area contributed by atoms with E-state index in [1.54, 1.807) is 12.1 Å². The van der Waals surface area contributed by atoms with Gasteiger partial charge in [-0.15, -0.1) is 0 Å². The van der Waals surface area contributed by atoms with Crippen LogP contribution in [-0.4, -0.2) is 20.6 Å². The smallest absolute Gasteiger partial charge is 0.336 e. The zero-order chi connectivity index (χ0) is 24.9. The average molecular weight is 469 g/mol. The number of carboxylic acids is 1. The molecule has 3 aromatic carbocycles. The van der Waals surface area contributed by atoms with E-state index in [9.17, 15) is 14.7 Å². The quantitative estimate of drug-likeness (QED) is 0.283. The number of fused-ring (bicyclic) bond motifs is 1. The molecule has 180 valence electrons. The molecule has 5 heteroatoms. The van der Waals surface area contributed by atoms with Crippen molar-refractivity contribution in [3.63, 3.8) is 0 Å². The second-order valence-corrected chi connectivity index (χ2v) is 9.23. The molecule has 0 fully saturated rings. The maximum absolute atomic E-state index is 12.5. The fraction of sp³-hybridized carbons (Fsp3) is 0.300. The molecule has 0 unspecified atom stereocenters. The molecule has 0 atom stereocenters. The molecule has 1 heterocycles. The predicted octanol–water partition coefficient (Wildman–Crippen LogP) is 6.55. The lowest BCUT2D eigenvalue weighted by Crippen LogP contribution is -2.07. The van der Waals surface area contributed by atoms with Gasteiger partial charge in [-0.05, 0) is 66.3 Å². The monoisotopic (exact) mass is 468 g/mol. The van der Waals surface area contributed by atoms with Gasteiger partial charge in [0.05, 0.1) is 16.6 Å². The van der Waals surface area contributed by atoms with Crippen molar-refractivity contribution < 1.29 is 9.90 Å². The molecule has 5 nitrogen and oxygen atoms in total. The number of carboxylic acid groups (broad SMARTS) is 1. The lowest BCUT2D eigenvalue weighted by molar-refractivity contribution is 0.0697. The number of aromatic nitrogens is 2. The standard InChI is InChI=1S/C30H32N2O3/c1-4-5-6-7-12-28-31-26-17-20(2)29(33)21(3)18-27(26)32(28)19-22-13-15-23(16-14-22)24-10-8-9-11-25(24)30(34)35/h8-11,13-18H,4-7,12,19H2,1-3H3,(H,34,35). The molecule has 0 aliphatic heterocycles. The van der Waals surface area contributed by atoms with Crippen molar-refractivity contribution in [3.8, 4) is 11.1 Å². The number of imidazole rings is 1. The van der Waals surface area contributed by atoms with E-state index in [1.165, 1.54) is 19.3 Å². The van der Waals surface area contributed by atoms with Crippen molar-refractivity contribution in [3.05, 3.63) is 99.0 Å². The molecular formula is C30H32N2O3. The largest absolute Gasteiger partial charge is 0.478 e. The van der Waals surface area contributed by atoms with Gasteiger partial charge in [0.15, 0.2) is 5.43 Å². The van der Waals surface area contributed by atoms with Crippen LogP contribution >= 0.6 is 0 Å². The van der Waals surface area contributed by atoms with Gasteiger partial charge in [0.1, 0.15) is 5.82 Å². The lowest BCUT2D eigenvalue weighted by Gasteiger charge is -2.11. The van der Waals surface area contributed by atoms with Crippen molar-refractivity contribution in [1.29, 1.82) is 0 Å². The number of rotatable bonds is 9. The Bertz CT molecular complexity index is 1420. The van der Waals surface area contributed by atoms with Gasteiger partial charge in [0.2, 0.25) is 0 Å². The molecule has 0 amide bonds. The zero-order valence-corrected chi connectivity index (χ0v) is 20.7. The Morgan fingerprint density at radius 2 is 1.66 bits per heavy atom. The highest BCUT2D eigenvalue weighted by Gasteiger charge is 2.14. The van der Waals surface area contributed by atoms with Gasteiger partial charge in [0.25, 0.3) is 0 Å². The van der Waals surface area contributed by atoms with Crippen molar-refractivity contribution in [2.24, 2.45) is 0 Å². The number of carbonyl (C=O) groups is 1. The summed E-state index contributed by atoms with van der Waals surface area (Å²) in [6.45, 7) is 6.56. The minimum Gasteiger partial charge on any atom is -0.478 e. The minimum absolute atomic E-state index is 0.0560. The normalized spacial score (nSPS) is 11.2. The topological polar surface area (TPSA) is 72.2 Å². The number of hydrogen-bond acceptors (Lipinski definition) is 3. The Kier molecular flexibility index (Phi) is 7.45. The van der Waals surface area contributed by atoms with Crippen LogP contribution in [0.4, 0.5) is 0 Å². The van der Waals surface area contributed by atoms with Crippen molar-refractivity contribution >= 4 is 17.0 Å². The minimum atomic E-state index is -0.932. The number of aromatic carboxylic acids is 1. The second-order valence-electron chi connectivity index (χ2n) is 9.23. The highest BCUT2D eigenvalue weighted by Crippen LogP contribution is 2.26. The van der Waals surface area contributed by atoms with Gasteiger partial charge in [-0.1, -0.05) is 68.7 Å². The second kappa shape index (κ2) is 10.7. The lowest BCUT2D eigenvalue weighted by atomic mass is 9.99. The SMILES string of the molecule is CCCCCCc1nc2cc(C)c(=O)c(C)cc2n1Cc1ccc(-c2ccccc2C(=O)O)cc1. The zero-order valence-electron chi connectivity index (χ0n) is 20.7. The van der Waals surface area contributed by atoms with E-state index < -0.39 is 5.97 Å². The molecule has 4 rings (SSSR count). The van der Waals surface area contributed by atoms with Crippen LogP contribution in [0.5, 0.6) is 0 Å². The van der Waals surface area contributed by atoms with E-state index in [4.69, 9.17) is 4.98 Å². The maximum Gasteiger partial charge on any atom is 0.336 e. The van der Waals surface area contributed by atoms with Gasteiger partial charge in [-0.3, -0.25) is 4.79 Å². The van der Waals surface area contributed by atoms with Crippen molar-refractivity contribution in [2.45, 2.75) is 59.4 Å². The summed E-state index contributed by atoms with van der Waals surface area (Å²) in [5.41, 5.74) is 6.27. The number of unbranched alkanes of at least 4 members (excludes halogenated alkanes) is 3. The first-order valence-electron chi connectivity index (χ1n) is 12.3. The van der Waals surface area contributed by atoms with E-state index in [1.807, 2.05) is 62.4 Å². The van der Waals surface area contributed by atoms with Crippen LogP contribution in [0.3, 0.4) is 0 Å². The van der Waals surface area contributed by atoms with E-state index in [2.05, 4.69) is 11.5 Å². The summed E-state index contributed by atoms with van der Waals surface area (Å²) < 4.78 is 2.23. The van der Waals surface area contributed by atoms with E-state index in [0.29, 0.717) is 23.2 Å². The molecule has 0 aliphatic carbocycles. The summed E-state index contributed by atoms with van der Waals surface area (Å²) in [5, 5.41) is 9.54. The number of aryl methyl sites for hydroxylation is 3. The van der Waals surface area contributed by atoms with Gasteiger partial charge >= 0.3 is 5.97 Å². The first-order chi connectivity index (χ1) is 16.9. The molecule has 0 bridgehead atoms. The van der Waals surface area contributed by atoms with E-state index in [-0.39, 0.29) is 5.43 Å². The Hall–Kier alpha value is -3.73. The predicted molar refractivity (Wildman–Crippen MR) is 141 cm³/mol. The maximum atomic E-state index is 12.5. The summed E-state index contributed by atoms with van der Waals surface area (Å²) in [6.07, 6.45) is 5.55. The molecule has 35 heavy (non-hydrogen) atoms. The molecule has 1 N–H and O–H groups in total. The highest BCUT2D eigenvalue weighted by molar-refractivity contribution is 5.96. The number of nitrogens with zero attached hydrogens (tertiary/aromatic N) is 2. The van der Waals surface area contributed by atoms with Crippen molar-refractivity contribution in [2.75, 3.05) is 0 Å². The van der Waals surface area contributed by atoms with Gasteiger partial charge in [-0.2, -0.15) is 0 Å². The highest BCUT2D eigenvalue weighted by atomic mass is 16.4. The third-order valence-electron chi connectivity index (χ3n) is 6.55. The van der Waals surface area contributed by atoms with Crippen LogP contribution < -0.4 is 5.43 Å². The Labute approximate surface area is 206 Å². The van der Waals surface area contributed by atoms with Crippen LogP contribution in [0.1, 0.15) is 65.5 Å². The Morgan fingerprint density at radius 3 is 2.37 bits per heavy atom. The van der Waals surface area contributed by atoms with Crippen LogP contribution in [0, 0.1) is 13.8 Å². The third-order valence-corrected chi connectivity index (χ3v) is 6.55. The summed E-state index contributed by atoms with van der Waals surface area (Å²) in [4.78, 5) is 29.1. The Balaban J connectivity index is 1.72. The molecule has 0 radical (unpaired) electrons. The summed E-state index contributed by atoms with van der Waals surface area (Å²) in [7, 11) is 0. The molecule has 1 aromatic heterocycles. The number of hydrogen-bond donors (Lipinski definition) is 1. The molecule has 0 saturated heterocycles. The molecule has 0 aliphatic rings. The fourth-order valence-corrected chi connectivity index (χ4v) is 4.62. The van der Waals surface area contributed by atoms with Crippen LogP contribution in [0.15, 0.2) is 65.5 Å². The van der Waals surface area contributed by atoms with Crippen LogP contribution in [0.2, 0.25) is 0 Å². The summed E-state index contributed by atoms with van der Waals surface area (Å²) >= 11 is 0. The van der Waals surface area contributed by atoms with Gasteiger partial charge in [0, 0.05) is 13.0 Å². The third kappa shape index (κ3) is 5.35. The summed E-state index contributed by atoms with van der Waals surface area (Å²) in [5.74, 6) is 0.104. The number of benzene rings is 2. The van der Waals surface area contributed by atoms with Gasteiger partial charge in [-0.25, -0.2) is 9.78 Å². The molecule has 0 saturated carbocycles. The Morgan fingerprint density at radius 1 is 0.943 bits per heavy atom. The van der Waals surface area contributed by atoms with Gasteiger partial charge < -0.3 is 9.67 Å². The van der Waals surface area contributed by atoms with Crippen LogP contribution in [0.25, 0.3) is 22.2 Å². The summed E-state index contributed by atoms with van der Waals surface area (Å²) in [6, 6.07) is 19.0. The molecule has 0 spiro atoms. The first-order valence-corrected chi connectivity index (χ1v) is 12.3. The first kappa shape index (κ1) is 24.4. The van der Waals surface area contributed by atoms with Crippen LogP contribution in [-0.2, 0) is 13.0 Å². The molecule has 4 aromatic rings. The average Bonchev–Trinajstić information content (AvgIpc) is 3.11. The molecular weight excluding hydrogens is 436 g/mol. The van der Waals surface area contributed by atoms with E-state index >= 15 is 0 Å². The fourth-order valence-electron chi connectivity index (χ4n) is 4.62. The van der Waals surface area contributed by atoms with Crippen molar-refractivity contribution in [1.82, 2.24) is 9.55 Å². The van der Waals surface area contributed by atoms with E-state index in [0.717, 1.165) is 46.4 Å².